The maximum Gasteiger partial charge on any atom is 0.326 e. The molecular formula is C12H15N3O5. The van der Waals surface area contributed by atoms with E-state index in [1.807, 2.05) is 11.9 Å². The Bertz CT molecular complexity index is 647. The van der Waals surface area contributed by atoms with Crippen LogP contribution in [-0.4, -0.2) is 44.4 Å². The molecule has 1 aromatic heterocycles. The van der Waals surface area contributed by atoms with Gasteiger partial charge in [0.1, 0.15) is 11.6 Å². The molecule has 1 aromatic rings. The maximum atomic E-state index is 12.3. The zero-order valence-corrected chi connectivity index (χ0v) is 10.9. The number of carbonyl (C=O) groups is 2. The highest BCUT2D eigenvalue weighted by Gasteiger charge is 2.35. The molecule has 0 bridgehead atoms. The molecule has 2 atom stereocenters. The fraction of sp³-hybridized carbons (Fsp3) is 0.500. The Kier molecular flexibility index (Phi) is 3.73. The van der Waals surface area contributed by atoms with Crippen LogP contribution in [0.15, 0.2) is 15.8 Å². The van der Waals surface area contributed by atoms with E-state index in [2.05, 4.69) is 4.98 Å². The summed E-state index contributed by atoms with van der Waals surface area (Å²) in [6.45, 7) is 2.19. The van der Waals surface area contributed by atoms with Crippen molar-refractivity contribution in [3.05, 3.63) is 32.6 Å². The molecule has 0 aliphatic carbocycles. The molecule has 2 heterocycles. The number of H-pyrrole nitrogens is 2. The lowest BCUT2D eigenvalue weighted by Crippen LogP contribution is -2.51. The molecule has 1 fully saturated rings. The predicted octanol–water partition coefficient (Wildman–Crippen LogP) is -0.611. The summed E-state index contributed by atoms with van der Waals surface area (Å²) < 4.78 is 0. The van der Waals surface area contributed by atoms with E-state index in [4.69, 9.17) is 0 Å². The number of piperidine rings is 1. The Morgan fingerprint density at radius 2 is 2.10 bits per heavy atom. The van der Waals surface area contributed by atoms with E-state index in [9.17, 15) is 24.3 Å². The topological polar surface area (TPSA) is 123 Å². The lowest BCUT2D eigenvalue weighted by atomic mass is 9.92. The van der Waals surface area contributed by atoms with E-state index < -0.39 is 29.2 Å². The molecule has 1 aliphatic rings. The highest BCUT2D eigenvalue weighted by atomic mass is 16.4. The number of carboxylic acid groups (broad SMARTS) is 1. The summed E-state index contributed by atoms with van der Waals surface area (Å²) in [6.07, 6.45) is 2.04. The van der Waals surface area contributed by atoms with Crippen LogP contribution in [0.25, 0.3) is 0 Å². The summed E-state index contributed by atoms with van der Waals surface area (Å²) in [5.74, 6) is -1.57. The molecular weight excluding hydrogens is 266 g/mol. The molecule has 1 amide bonds. The average molecular weight is 281 g/mol. The summed E-state index contributed by atoms with van der Waals surface area (Å²) in [6, 6.07) is -0.947. The minimum atomic E-state index is -1.09. The monoisotopic (exact) mass is 281 g/mol. The Balaban J connectivity index is 2.33. The molecule has 20 heavy (non-hydrogen) atoms. The van der Waals surface area contributed by atoms with Gasteiger partial charge in [0.25, 0.3) is 11.5 Å². The van der Waals surface area contributed by atoms with Crippen LogP contribution in [0.5, 0.6) is 0 Å². The van der Waals surface area contributed by atoms with Gasteiger partial charge >= 0.3 is 11.7 Å². The number of hydrogen-bond acceptors (Lipinski definition) is 4. The summed E-state index contributed by atoms with van der Waals surface area (Å²) in [7, 11) is 0. The van der Waals surface area contributed by atoms with Crippen LogP contribution in [0.1, 0.15) is 30.1 Å². The van der Waals surface area contributed by atoms with Crippen molar-refractivity contribution in [2.24, 2.45) is 5.92 Å². The van der Waals surface area contributed by atoms with E-state index >= 15 is 0 Å². The summed E-state index contributed by atoms with van der Waals surface area (Å²) >= 11 is 0. The second-order valence-electron chi connectivity index (χ2n) is 4.97. The molecule has 1 saturated heterocycles. The van der Waals surface area contributed by atoms with Crippen LogP contribution < -0.4 is 11.2 Å². The lowest BCUT2D eigenvalue weighted by Gasteiger charge is -2.35. The number of nitrogens with one attached hydrogen (secondary N) is 2. The Hall–Kier alpha value is -2.38. The van der Waals surface area contributed by atoms with E-state index in [0.29, 0.717) is 12.8 Å². The number of aromatic nitrogens is 2. The first kappa shape index (κ1) is 14.0. The van der Waals surface area contributed by atoms with Crippen LogP contribution in [0.4, 0.5) is 0 Å². The third-order valence-corrected chi connectivity index (χ3v) is 3.46. The highest BCUT2D eigenvalue weighted by molar-refractivity contribution is 5.96. The first-order chi connectivity index (χ1) is 9.40. The van der Waals surface area contributed by atoms with Crippen molar-refractivity contribution in [2.75, 3.05) is 6.54 Å². The van der Waals surface area contributed by atoms with Gasteiger partial charge in [-0.25, -0.2) is 9.59 Å². The van der Waals surface area contributed by atoms with Crippen molar-refractivity contribution >= 4 is 11.9 Å². The predicted molar refractivity (Wildman–Crippen MR) is 68.5 cm³/mol. The van der Waals surface area contributed by atoms with E-state index in [1.54, 1.807) is 0 Å². The third kappa shape index (κ3) is 2.63. The molecule has 0 aromatic carbocycles. The van der Waals surface area contributed by atoms with E-state index in [0.717, 1.165) is 6.20 Å². The number of amides is 1. The van der Waals surface area contributed by atoms with E-state index in [1.165, 1.54) is 4.90 Å². The van der Waals surface area contributed by atoms with Gasteiger partial charge in [0.2, 0.25) is 0 Å². The molecule has 108 valence electrons. The highest BCUT2D eigenvalue weighted by Crippen LogP contribution is 2.23. The number of carboxylic acids is 1. The van der Waals surface area contributed by atoms with Gasteiger partial charge in [-0.05, 0) is 18.8 Å². The Morgan fingerprint density at radius 1 is 1.40 bits per heavy atom. The second-order valence-corrected chi connectivity index (χ2v) is 4.97. The number of carbonyl (C=O) groups excluding carboxylic acids is 1. The lowest BCUT2D eigenvalue weighted by molar-refractivity contribution is -0.144. The van der Waals surface area contributed by atoms with Crippen LogP contribution in [-0.2, 0) is 4.79 Å². The van der Waals surface area contributed by atoms with Crippen molar-refractivity contribution in [1.29, 1.82) is 0 Å². The number of aliphatic carboxylic acids is 1. The fourth-order valence-corrected chi connectivity index (χ4v) is 2.34. The summed E-state index contributed by atoms with van der Waals surface area (Å²) in [5.41, 5.74) is -1.79. The van der Waals surface area contributed by atoms with Gasteiger partial charge in [-0.2, -0.15) is 0 Å². The van der Waals surface area contributed by atoms with Gasteiger partial charge in [0, 0.05) is 12.7 Å². The second kappa shape index (κ2) is 5.32. The van der Waals surface area contributed by atoms with Crippen LogP contribution in [0, 0.1) is 5.92 Å². The van der Waals surface area contributed by atoms with Gasteiger partial charge in [-0.3, -0.25) is 14.6 Å². The van der Waals surface area contributed by atoms with Gasteiger partial charge in [-0.15, -0.1) is 0 Å². The molecule has 0 spiro atoms. The molecule has 3 N–H and O–H groups in total. The first-order valence-corrected chi connectivity index (χ1v) is 6.26. The van der Waals surface area contributed by atoms with Crippen molar-refractivity contribution < 1.29 is 14.7 Å². The zero-order chi connectivity index (χ0) is 14.9. The van der Waals surface area contributed by atoms with Crippen molar-refractivity contribution in [3.8, 4) is 0 Å². The standard InChI is InChI=1S/C12H15N3O5/c1-6-2-3-15(8(4-6)11(18)19)10(17)7-5-13-12(20)14-9(7)16/h5-6,8H,2-4H2,1H3,(H,18,19)(H2,13,14,16,20). The van der Waals surface area contributed by atoms with Crippen LogP contribution >= 0.6 is 0 Å². The SMILES string of the molecule is CC1CCN(C(=O)c2c[nH]c(=O)[nH]c2=O)C(C(=O)O)C1. The minimum Gasteiger partial charge on any atom is -0.480 e. The van der Waals surface area contributed by atoms with Gasteiger partial charge in [-0.1, -0.05) is 6.92 Å². The van der Waals surface area contributed by atoms with Crippen LogP contribution in [0.3, 0.4) is 0 Å². The molecule has 2 rings (SSSR count). The van der Waals surface area contributed by atoms with Crippen molar-refractivity contribution in [3.63, 3.8) is 0 Å². The van der Waals surface area contributed by atoms with Gasteiger partial charge in [0.15, 0.2) is 0 Å². The first-order valence-electron chi connectivity index (χ1n) is 6.26. The van der Waals surface area contributed by atoms with Crippen molar-refractivity contribution in [2.45, 2.75) is 25.8 Å². The molecule has 0 radical (unpaired) electrons. The van der Waals surface area contributed by atoms with Crippen molar-refractivity contribution in [1.82, 2.24) is 14.9 Å². The number of aromatic amines is 2. The average Bonchev–Trinajstić information content (AvgIpc) is 2.37. The maximum absolute atomic E-state index is 12.3. The number of rotatable bonds is 2. The quantitative estimate of drug-likeness (QED) is 0.667. The van der Waals surface area contributed by atoms with Gasteiger partial charge in [0.05, 0.1) is 0 Å². The molecule has 2 unspecified atom stereocenters. The molecule has 0 saturated carbocycles. The smallest absolute Gasteiger partial charge is 0.326 e. The van der Waals surface area contributed by atoms with Crippen LogP contribution in [0.2, 0.25) is 0 Å². The number of likely N-dealkylation sites (tertiary alicyclic amines) is 1. The number of nitrogens with zero attached hydrogens (tertiary/aromatic N) is 1. The minimum absolute atomic E-state index is 0.203. The largest absolute Gasteiger partial charge is 0.480 e. The third-order valence-electron chi connectivity index (χ3n) is 3.46. The fourth-order valence-electron chi connectivity index (χ4n) is 2.34. The molecule has 8 heteroatoms. The summed E-state index contributed by atoms with van der Waals surface area (Å²) in [4.78, 5) is 51.4. The van der Waals surface area contributed by atoms with Gasteiger partial charge < -0.3 is 15.0 Å². The Morgan fingerprint density at radius 3 is 2.70 bits per heavy atom. The zero-order valence-electron chi connectivity index (χ0n) is 10.9. The Labute approximate surface area is 113 Å². The van der Waals surface area contributed by atoms with E-state index in [-0.39, 0.29) is 18.0 Å². The summed E-state index contributed by atoms with van der Waals surface area (Å²) in [5, 5.41) is 9.20. The molecule has 1 aliphatic heterocycles. The molecule has 8 nitrogen and oxygen atoms in total. The normalized spacial score (nSPS) is 22.6. The number of hydrogen-bond donors (Lipinski definition) is 3.